The van der Waals surface area contributed by atoms with Crippen LogP contribution >= 0.6 is 15.9 Å². The van der Waals surface area contributed by atoms with Gasteiger partial charge >= 0.3 is 6.09 Å². The standard InChI is InChI=1S/C21H28BrN3O4/c1-21(2,3)29-20(26)25-9-5-6-17(25)19-23-13-16(24-19)14-7-8-15(22)18(12-14)28-11-10-27-4/h7-8,12-13,17H,5-6,9-11H2,1-4H3,(H,23,24)/t17-/m0/s1. The van der Waals surface area contributed by atoms with Crippen LogP contribution in [-0.4, -0.2) is 53.4 Å². The number of H-pyrrole nitrogens is 1. The summed E-state index contributed by atoms with van der Waals surface area (Å²) in [4.78, 5) is 22.2. The maximum Gasteiger partial charge on any atom is 0.410 e. The maximum atomic E-state index is 12.6. The molecule has 0 saturated carbocycles. The van der Waals surface area contributed by atoms with Gasteiger partial charge in [0.05, 0.1) is 29.0 Å². The molecule has 2 heterocycles. The van der Waals surface area contributed by atoms with Crippen molar-refractivity contribution < 1.29 is 19.0 Å². The van der Waals surface area contributed by atoms with Gasteiger partial charge in [-0.25, -0.2) is 9.78 Å². The minimum absolute atomic E-state index is 0.105. The van der Waals surface area contributed by atoms with E-state index in [9.17, 15) is 4.79 Å². The number of nitrogens with one attached hydrogen (secondary N) is 1. The maximum absolute atomic E-state index is 12.6. The SMILES string of the molecule is COCCOc1cc(-c2cnc([C@@H]3CCCN3C(=O)OC(C)(C)C)[nH]2)ccc1Br. The van der Waals surface area contributed by atoms with Crippen molar-refractivity contribution in [3.8, 4) is 17.0 Å². The number of halogens is 1. The summed E-state index contributed by atoms with van der Waals surface area (Å²) < 4.78 is 17.2. The fourth-order valence-electron chi connectivity index (χ4n) is 3.26. The van der Waals surface area contributed by atoms with E-state index >= 15 is 0 Å². The van der Waals surface area contributed by atoms with Gasteiger partial charge in [-0.15, -0.1) is 0 Å². The predicted octanol–water partition coefficient (Wildman–Crippen LogP) is 4.94. The second-order valence-electron chi connectivity index (χ2n) is 8.00. The third-order valence-electron chi connectivity index (χ3n) is 4.58. The highest BCUT2D eigenvalue weighted by Gasteiger charge is 2.34. The van der Waals surface area contributed by atoms with Crippen molar-refractivity contribution in [2.24, 2.45) is 0 Å². The van der Waals surface area contributed by atoms with E-state index in [1.807, 2.05) is 39.0 Å². The molecule has 1 amide bonds. The summed E-state index contributed by atoms with van der Waals surface area (Å²) in [6.07, 6.45) is 3.28. The van der Waals surface area contributed by atoms with Gasteiger partial charge in [0.1, 0.15) is 23.8 Å². The van der Waals surface area contributed by atoms with E-state index in [0.717, 1.165) is 40.1 Å². The molecular formula is C21H28BrN3O4. The van der Waals surface area contributed by atoms with Crippen molar-refractivity contribution >= 4 is 22.0 Å². The first-order valence-electron chi connectivity index (χ1n) is 9.74. The highest BCUT2D eigenvalue weighted by Crippen LogP contribution is 2.34. The molecule has 1 fully saturated rings. The molecule has 0 unspecified atom stereocenters. The zero-order valence-corrected chi connectivity index (χ0v) is 18.9. The van der Waals surface area contributed by atoms with Gasteiger partial charge in [-0.2, -0.15) is 0 Å². The first-order valence-corrected chi connectivity index (χ1v) is 10.5. The summed E-state index contributed by atoms with van der Waals surface area (Å²) in [5.41, 5.74) is 1.32. The lowest BCUT2D eigenvalue weighted by Crippen LogP contribution is -2.36. The van der Waals surface area contributed by atoms with Crippen LogP contribution in [0.3, 0.4) is 0 Å². The average Bonchev–Trinajstić information content (AvgIpc) is 3.31. The van der Waals surface area contributed by atoms with Crippen LogP contribution in [0.4, 0.5) is 4.79 Å². The van der Waals surface area contributed by atoms with Gasteiger partial charge in [0.15, 0.2) is 0 Å². The quantitative estimate of drug-likeness (QED) is 0.611. The van der Waals surface area contributed by atoms with Crippen molar-refractivity contribution in [1.82, 2.24) is 14.9 Å². The molecule has 1 N–H and O–H groups in total. The van der Waals surface area contributed by atoms with Crippen LogP contribution in [0.2, 0.25) is 0 Å². The smallest absolute Gasteiger partial charge is 0.410 e. The van der Waals surface area contributed by atoms with E-state index in [0.29, 0.717) is 19.8 Å². The number of likely N-dealkylation sites (tertiary alicyclic amines) is 1. The summed E-state index contributed by atoms with van der Waals surface area (Å²) in [7, 11) is 1.64. The third kappa shape index (κ3) is 5.51. The van der Waals surface area contributed by atoms with E-state index in [4.69, 9.17) is 14.2 Å². The molecule has 29 heavy (non-hydrogen) atoms. The molecule has 1 aromatic carbocycles. The van der Waals surface area contributed by atoms with Crippen LogP contribution in [-0.2, 0) is 9.47 Å². The molecule has 0 radical (unpaired) electrons. The number of benzene rings is 1. The molecule has 1 atom stereocenters. The normalized spacial score (nSPS) is 16.9. The molecule has 0 spiro atoms. The number of carbonyl (C=O) groups excluding carboxylic acids is 1. The first-order chi connectivity index (χ1) is 13.8. The number of aromatic nitrogens is 2. The summed E-state index contributed by atoms with van der Waals surface area (Å²) in [5.74, 6) is 1.51. The summed E-state index contributed by atoms with van der Waals surface area (Å²) in [5, 5.41) is 0. The topological polar surface area (TPSA) is 76.7 Å². The lowest BCUT2D eigenvalue weighted by atomic mass is 10.1. The Morgan fingerprint density at radius 1 is 1.34 bits per heavy atom. The van der Waals surface area contributed by atoms with Gasteiger partial charge < -0.3 is 19.2 Å². The Bertz CT molecular complexity index is 847. The monoisotopic (exact) mass is 465 g/mol. The van der Waals surface area contributed by atoms with Crippen molar-refractivity contribution in [3.63, 3.8) is 0 Å². The van der Waals surface area contributed by atoms with Crippen molar-refractivity contribution in [1.29, 1.82) is 0 Å². The number of rotatable bonds is 6. The molecule has 0 aliphatic carbocycles. The second kappa shape index (κ2) is 9.17. The highest BCUT2D eigenvalue weighted by molar-refractivity contribution is 9.10. The fourth-order valence-corrected chi connectivity index (χ4v) is 3.62. The van der Waals surface area contributed by atoms with Gasteiger partial charge in [-0.3, -0.25) is 4.90 Å². The largest absolute Gasteiger partial charge is 0.490 e. The molecule has 158 valence electrons. The molecule has 2 aromatic rings. The van der Waals surface area contributed by atoms with E-state index < -0.39 is 5.60 Å². The van der Waals surface area contributed by atoms with Crippen molar-refractivity contribution in [3.05, 3.63) is 34.7 Å². The zero-order valence-electron chi connectivity index (χ0n) is 17.3. The number of aromatic amines is 1. The Morgan fingerprint density at radius 2 is 2.14 bits per heavy atom. The number of amides is 1. The molecule has 1 aliphatic rings. The van der Waals surface area contributed by atoms with Crippen LogP contribution in [0.15, 0.2) is 28.9 Å². The summed E-state index contributed by atoms with van der Waals surface area (Å²) in [6, 6.07) is 5.79. The molecular weight excluding hydrogens is 438 g/mol. The predicted molar refractivity (Wildman–Crippen MR) is 114 cm³/mol. The Hall–Kier alpha value is -2.06. The molecule has 1 aliphatic heterocycles. The van der Waals surface area contributed by atoms with Crippen LogP contribution < -0.4 is 4.74 Å². The van der Waals surface area contributed by atoms with E-state index in [-0.39, 0.29) is 12.1 Å². The van der Waals surface area contributed by atoms with Gasteiger partial charge in [0.25, 0.3) is 0 Å². The number of hydrogen-bond acceptors (Lipinski definition) is 5. The number of hydrogen-bond donors (Lipinski definition) is 1. The Morgan fingerprint density at radius 3 is 2.86 bits per heavy atom. The van der Waals surface area contributed by atoms with Crippen LogP contribution in [0, 0.1) is 0 Å². The van der Waals surface area contributed by atoms with E-state index in [2.05, 4.69) is 25.9 Å². The lowest BCUT2D eigenvalue weighted by Gasteiger charge is -2.27. The molecule has 7 nitrogen and oxygen atoms in total. The summed E-state index contributed by atoms with van der Waals surface area (Å²) in [6.45, 7) is 7.29. The van der Waals surface area contributed by atoms with Gasteiger partial charge in [0.2, 0.25) is 0 Å². The summed E-state index contributed by atoms with van der Waals surface area (Å²) >= 11 is 3.51. The number of nitrogens with zero attached hydrogens (tertiary/aromatic N) is 2. The van der Waals surface area contributed by atoms with Crippen molar-refractivity contribution in [2.45, 2.75) is 45.3 Å². The number of carbonyl (C=O) groups is 1. The average molecular weight is 466 g/mol. The Kier molecular flexibility index (Phi) is 6.85. The molecule has 1 aromatic heterocycles. The highest BCUT2D eigenvalue weighted by atomic mass is 79.9. The molecule has 3 rings (SSSR count). The fraction of sp³-hybridized carbons (Fsp3) is 0.524. The van der Waals surface area contributed by atoms with E-state index in [1.165, 1.54) is 0 Å². The van der Waals surface area contributed by atoms with Crippen LogP contribution in [0.5, 0.6) is 5.75 Å². The molecule has 0 bridgehead atoms. The number of methoxy groups -OCH3 is 1. The second-order valence-corrected chi connectivity index (χ2v) is 8.85. The number of ether oxygens (including phenoxy) is 3. The van der Waals surface area contributed by atoms with Gasteiger partial charge in [-0.05, 0) is 61.7 Å². The van der Waals surface area contributed by atoms with Gasteiger partial charge in [-0.1, -0.05) is 6.07 Å². The Balaban J connectivity index is 1.76. The minimum atomic E-state index is -0.519. The minimum Gasteiger partial charge on any atom is -0.490 e. The lowest BCUT2D eigenvalue weighted by molar-refractivity contribution is 0.0218. The van der Waals surface area contributed by atoms with Crippen LogP contribution in [0.25, 0.3) is 11.3 Å². The van der Waals surface area contributed by atoms with E-state index in [1.54, 1.807) is 18.2 Å². The molecule has 1 saturated heterocycles. The van der Waals surface area contributed by atoms with Crippen LogP contribution in [0.1, 0.15) is 45.5 Å². The third-order valence-corrected chi connectivity index (χ3v) is 5.23. The number of imidazole rings is 1. The zero-order chi connectivity index (χ0) is 21.0. The van der Waals surface area contributed by atoms with Gasteiger partial charge in [0, 0.05) is 19.2 Å². The van der Waals surface area contributed by atoms with Crippen molar-refractivity contribution in [2.75, 3.05) is 26.9 Å². The first kappa shape index (κ1) is 21.6. The Labute approximate surface area is 179 Å². The molecule has 8 heteroatoms.